The molecule has 0 aliphatic rings. The summed E-state index contributed by atoms with van der Waals surface area (Å²) >= 11 is 0. The SMILES string of the molecule is Cc1ccc(-c2ccc(=O)n(Cc3nc(-c4ccccc4C)no3)n2)cc1C. The second-order valence-corrected chi connectivity index (χ2v) is 6.84. The minimum absolute atomic E-state index is 0.121. The van der Waals surface area contributed by atoms with Gasteiger partial charge >= 0.3 is 0 Å². The maximum atomic E-state index is 12.3. The highest BCUT2D eigenvalue weighted by atomic mass is 16.5. The van der Waals surface area contributed by atoms with Gasteiger partial charge in [0.2, 0.25) is 11.7 Å². The molecule has 0 N–H and O–H groups in total. The highest BCUT2D eigenvalue weighted by Gasteiger charge is 2.13. The molecule has 0 fully saturated rings. The predicted molar refractivity (Wildman–Crippen MR) is 107 cm³/mol. The average molecular weight is 372 g/mol. The molecular weight excluding hydrogens is 352 g/mol. The first-order chi connectivity index (χ1) is 13.5. The van der Waals surface area contributed by atoms with Crippen molar-refractivity contribution in [2.24, 2.45) is 0 Å². The number of hydrogen-bond donors (Lipinski definition) is 0. The molecule has 2 aromatic heterocycles. The van der Waals surface area contributed by atoms with E-state index in [1.807, 2.05) is 43.3 Å². The highest BCUT2D eigenvalue weighted by Crippen LogP contribution is 2.21. The van der Waals surface area contributed by atoms with Crippen molar-refractivity contribution in [3.8, 4) is 22.6 Å². The van der Waals surface area contributed by atoms with Crippen LogP contribution in [0.4, 0.5) is 0 Å². The fourth-order valence-corrected chi connectivity index (χ4v) is 3.00. The highest BCUT2D eigenvalue weighted by molar-refractivity contribution is 5.60. The molecule has 0 unspecified atom stereocenters. The summed E-state index contributed by atoms with van der Waals surface area (Å²) in [6, 6.07) is 17.2. The summed E-state index contributed by atoms with van der Waals surface area (Å²) in [5, 5.41) is 8.53. The van der Waals surface area contributed by atoms with Gasteiger partial charge in [-0.15, -0.1) is 0 Å². The van der Waals surface area contributed by atoms with Crippen LogP contribution in [-0.4, -0.2) is 19.9 Å². The molecule has 0 saturated heterocycles. The van der Waals surface area contributed by atoms with Crippen molar-refractivity contribution in [3.05, 3.63) is 87.5 Å². The summed E-state index contributed by atoms with van der Waals surface area (Å²) in [5.41, 5.74) is 5.82. The van der Waals surface area contributed by atoms with Gasteiger partial charge in [-0.25, -0.2) is 4.68 Å². The summed E-state index contributed by atoms with van der Waals surface area (Å²) in [5.74, 6) is 0.844. The maximum Gasteiger partial charge on any atom is 0.267 e. The van der Waals surface area contributed by atoms with Crippen molar-refractivity contribution in [1.82, 2.24) is 19.9 Å². The molecule has 0 atom stereocenters. The van der Waals surface area contributed by atoms with Crippen LogP contribution in [-0.2, 0) is 6.54 Å². The minimum Gasteiger partial charge on any atom is -0.337 e. The number of benzene rings is 2. The van der Waals surface area contributed by atoms with Crippen LogP contribution >= 0.6 is 0 Å². The molecule has 0 bridgehead atoms. The first-order valence-corrected chi connectivity index (χ1v) is 9.05. The Bertz CT molecular complexity index is 1210. The first-order valence-electron chi connectivity index (χ1n) is 9.05. The molecular formula is C22H20N4O2. The summed E-state index contributed by atoms with van der Waals surface area (Å²) < 4.78 is 6.70. The first kappa shape index (κ1) is 17.9. The van der Waals surface area contributed by atoms with E-state index < -0.39 is 0 Å². The number of hydrogen-bond acceptors (Lipinski definition) is 5. The molecule has 0 radical (unpaired) electrons. The van der Waals surface area contributed by atoms with Crippen LogP contribution in [0, 0.1) is 20.8 Å². The molecule has 0 spiro atoms. The smallest absolute Gasteiger partial charge is 0.267 e. The van der Waals surface area contributed by atoms with Crippen LogP contribution in [0.3, 0.4) is 0 Å². The van der Waals surface area contributed by atoms with Gasteiger partial charge in [-0.3, -0.25) is 4.79 Å². The summed E-state index contributed by atoms with van der Waals surface area (Å²) in [4.78, 5) is 16.7. The normalized spacial score (nSPS) is 11.0. The van der Waals surface area contributed by atoms with E-state index in [0.29, 0.717) is 11.7 Å². The fraction of sp³-hybridized carbons (Fsp3) is 0.182. The summed E-state index contributed by atoms with van der Waals surface area (Å²) in [6.45, 7) is 6.23. The monoisotopic (exact) mass is 372 g/mol. The second kappa shape index (κ2) is 7.23. The molecule has 0 saturated carbocycles. The minimum atomic E-state index is -0.219. The van der Waals surface area contributed by atoms with E-state index >= 15 is 0 Å². The van der Waals surface area contributed by atoms with Gasteiger partial charge in [-0.1, -0.05) is 41.6 Å². The Balaban J connectivity index is 1.64. The quantitative estimate of drug-likeness (QED) is 0.543. The van der Waals surface area contributed by atoms with E-state index in [0.717, 1.165) is 22.4 Å². The molecule has 140 valence electrons. The van der Waals surface area contributed by atoms with E-state index in [1.165, 1.54) is 21.9 Å². The molecule has 0 aliphatic carbocycles. The summed E-state index contributed by atoms with van der Waals surface area (Å²) in [6.07, 6.45) is 0. The van der Waals surface area contributed by atoms with Crippen LogP contribution in [0.2, 0.25) is 0 Å². The summed E-state index contributed by atoms with van der Waals surface area (Å²) in [7, 11) is 0. The largest absolute Gasteiger partial charge is 0.337 e. The van der Waals surface area contributed by atoms with Crippen molar-refractivity contribution in [1.29, 1.82) is 0 Å². The van der Waals surface area contributed by atoms with Gasteiger partial charge in [0.05, 0.1) is 5.69 Å². The number of nitrogens with zero attached hydrogens (tertiary/aromatic N) is 4. The van der Waals surface area contributed by atoms with Crippen LogP contribution in [0.15, 0.2) is 63.9 Å². The van der Waals surface area contributed by atoms with E-state index in [1.54, 1.807) is 6.07 Å². The van der Waals surface area contributed by atoms with E-state index in [-0.39, 0.29) is 12.1 Å². The van der Waals surface area contributed by atoms with Crippen molar-refractivity contribution >= 4 is 0 Å². The lowest BCUT2D eigenvalue weighted by Gasteiger charge is -2.07. The van der Waals surface area contributed by atoms with Gasteiger partial charge in [0.1, 0.15) is 6.54 Å². The molecule has 6 heteroatoms. The maximum absolute atomic E-state index is 12.3. The Hall–Kier alpha value is -3.54. The van der Waals surface area contributed by atoms with E-state index in [9.17, 15) is 4.79 Å². The molecule has 4 rings (SSSR count). The molecule has 6 nitrogen and oxygen atoms in total. The Morgan fingerprint density at radius 2 is 1.75 bits per heavy atom. The third-order valence-electron chi connectivity index (χ3n) is 4.81. The molecule has 0 amide bonds. The van der Waals surface area contributed by atoms with Gasteiger partial charge in [0.25, 0.3) is 5.56 Å². The predicted octanol–water partition coefficient (Wildman–Crippen LogP) is 3.93. The van der Waals surface area contributed by atoms with Gasteiger partial charge in [0.15, 0.2) is 0 Å². The zero-order chi connectivity index (χ0) is 19.7. The van der Waals surface area contributed by atoms with Crippen molar-refractivity contribution in [2.45, 2.75) is 27.3 Å². The lowest BCUT2D eigenvalue weighted by atomic mass is 10.0. The molecule has 2 heterocycles. The van der Waals surface area contributed by atoms with E-state index in [2.05, 4.69) is 35.2 Å². The molecule has 28 heavy (non-hydrogen) atoms. The fourth-order valence-electron chi connectivity index (χ4n) is 3.00. The van der Waals surface area contributed by atoms with Crippen molar-refractivity contribution in [3.63, 3.8) is 0 Å². The van der Waals surface area contributed by atoms with Crippen LogP contribution in [0.5, 0.6) is 0 Å². The number of aryl methyl sites for hydroxylation is 3. The van der Waals surface area contributed by atoms with Crippen LogP contribution in [0.25, 0.3) is 22.6 Å². The topological polar surface area (TPSA) is 73.8 Å². The Kier molecular flexibility index (Phi) is 4.61. The Labute approximate surface area is 162 Å². The van der Waals surface area contributed by atoms with Crippen molar-refractivity contribution < 1.29 is 4.52 Å². The van der Waals surface area contributed by atoms with Crippen molar-refractivity contribution in [2.75, 3.05) is 0 Å². The lowest BCUT2D eigenvalue weighted by molar-refractivity contribution is 0.363. The second-order valence-electron chi connectivity index (χ2n) is 6.84. The standard InChI is InChI=1S/C22H20N4O2/c1-14-8-9-17(12-16(14)3)19-10-11-21(27)26(24-19)13-20-23-22(25-28-20)18-7-5-4-6-15(18)2/h4-12H,13H2,1-3H3. The Morgan fingerprint density at radius 1 is 0.929 bits per heavy atom. The number of aromatic nitrogens is 4. The lowest BCUT2D eigenvalue weighted by Crippen LogP contribution is -2.23. The molecule has 0 aliphatic heterocycles. The van der Waals surface area contributed by atoms with Gasteiger partial charge < -0.3 is 4.52 Å². The van der Waals surface area contributed by atoms with Gasteiger partial charge in [0, 0.05) is 17.2 Å². The zero-order valence-electron chi connectivity index (χ0n) is 16.0. The Morgan fingerprint density at radius 3 is 2.54 bits per heavy atom. The number of rotatable bonds is 4. The van der Waals surface area contributed by atoms with Crippen LogP contribution in [0.1, 0.15) is 22.6 Å². The van der Waals surface area contributed by atoms with Gasteiger partial charge in [-0.2, -0.15) is 10.1 Å². The molecule has 2 aromatic carbocycles. The van der Waals surface area contributed by atoms with Crippen LogP contribution < -0.4 is 5.56 Å². The zero-order valence-corrected chi connectivity index (χ0v) is 16.0. The average Bonchev–Trinajstić information content (AvgIpc) is 3.14. The third-order valence-corrected chi connectivity index (χ3v) is 4.81. The third kappa shape index (κ3) is 3.49. The molecule has 4 aromatic rings. The van der Waals surface area contributed by atoms with E-state index in [4.69, 9.17) is 4.52 Å². The van der Waals surface area contributed by atoms with Gasteiger partial charge in [-0.05, 0) is 49.6 Å².